The first-order chi connectivity index (χ1) is 9.87. The van der Waals surface area contributed by atoms with Crippen molar-refractivity contribution in [1.82, 2.24) is 10.0 Å². The molecule has 0 amide bonds. The molecule has 0 aromatic carbocycles. The maximum Gasteiger partial charge on any atom is 0.274 e. The van der Waals surface area contributed by atoms with Crippen LogP contribution in [0.1, 0.15) is 24.5 Å². The molecule has 0 saturated carbocycles. The minimum absolute atomic E-state index is 0.0780. The third-order valence-electron chi connectivity index (χ3n) is 2.65. The molecule has 2 aromatic heterocycles. The summed E-state index contributed by atoms with van der Waals surface area (Å²) in [5.41, 5.74) is 0. The Bertz CT molecular complexity index is 692. The van der Waals surface area contributed by atoms with E-state index in [0.717, 1.165) is 4.88 Å². The van der Waals surface area contributed by atoms with Crippen molar-refractivity contribution in [3.05, 3.63) is 39.2 Å². The quantitative estimate of drug-likeness (QED) is 0.807. The third kappa shape index (κ3) is 4.82. The first kappa shape index (κ1) is 16.5. The minimum Gasteiger partial charge on any atom is -0.447 e. The lowest BCUT2D eigenvalue weighted by molar-refractivity contribution is 0.393. The van der Waals surface area contributed by atoms with Crippen molar-refractivity contribution >= 4 is 33.0 Å². The van der Waals surface area contributed by atoms with Crippen LogP contribution in [0, 0.1) is 0 Å². The van der Waals surface area contributed by atoms with Crippen molar-refractivity contribution in [3.8, 4) is 0 Å². The smallest absolute Gasteiger partial charge is 0.274 e. The van der Waals surface area contributed by atoms with Gasteiger partial charge in [-0.05, 0) is 24.3 Å². The number of nitrogens with one attached hydrogen (secondary N) is 2. The molecule has 2 aromatic rings. The maximum atomic E-state index is 12.1. The van der Waals surface area contributed by atoms with Crippen molar-refractivity contribution in [2.45, 2.75) is 38.1 Å². The summed E-state index contributed by atoms with van der Waals surface area (Å²) >= 11 is 7.14. The molecule has 116 valence electrons. The van der Waals surface area contributed by atoms with E-state index in [1.165, 1.54) is 17.4 Å². The Morgan fingerprint density at radius 3 is 2.62 bits per heavy atom. The SMILES string of the molecule is CC(C)NCc1ccc(S(=O)(=O)NCc2ccc(Cl)s2)o1. The van der Waals surface area contributed by atoms with Crippen molar-refractivity contribution in [2.75, 3.05) is 0 Å². The van der Waals surface area contributed by atoms with Crippen LogP contribution >= 0.6 is 22.9 Å². The van der Waals surface area contributed by atoms with E-state index in [4.69, 9.17) is 16.0 Å². The second-order valence-corrected chi connectivity index (χ2v) is 8.28. The summed E-state index contributed by atoms with van der Waals surface area (Å²) in [7, 11) is -3.65. The van der Waals surface area contributed by atoms with Crippen LogP contribution in [0.25, 0.3) is 0 Å². The Hall–Kier alpha value is -0.860. The van der Waals surface area contributed by atoms with Crippen LogP contribution in [0.2, 0.25) is 4.34 Å². The zero-order valence-electron chi connectivity index (χ0n) is 11.7. The number of hydrogen-bond acceptors (Lipinski definition) is 5. The Kier molecular flexibility index (Phi) is 5.45. The van der Waals surface area contributed by atoms with Crippen LogP contribution in [-0.4, -0.2) is 14.5 Å². The average molecular weight is 349 g/mol. The molecule has 0 bridgehead atoms. The number of rotatable bonds is 7. The summed E-state index contributed by atoms with van der Waals surface area (Å²) in [4.78, 5) is 0.844. The van der Waals surface area contributed by atoms with Gasteiger partial charge in [0.25, 0.3) is 10.0 Å². The molecule has 21 heavy (non-hydrogen) atoms. The molecule has 2 N–H and O–H groups in total. The molecule has 0 aliphatic rings. The summed E-state index contributed by atoms with van der Waals surface area (Å²) in [5, 5.41) is 3.09. The molecule has 0 fully saturated rings. The van der Waals surface area contributed by atoms with E-state index < -0.39 is 10.0 Å². The summed E-state index contributed by atoms with van der Waals surface area (Å²) in [6.45, 7) is 4.70. The average Bonchev–Trinajstić information content (AvgIpc) is 3.03. The van der Waals surface area contributed by atoms with Gasteiger partial charge in [0.2, 0.25) is 5.09 Å². The lowest BCUT2D eigenvalue weighted by Crippen LogP contribution is -2.22. The second kappa shape index (κ2) is 6.93. The lowest BCUT2D eigenvalue weighted by Gasteiger charge is -2.05. The number of sulfonamides is 1. The van der Waals surface area contributed by atoms with Gasteiger partial charge in [-0.15, -0.1) is 11.3 Å². The first-order valence-electron chi connectivity index (χ1n) is 6.43. The summed E-state index contributed by atoms with van der Waals surface area (Å²) < 4.78 is 32.7. The largest absolute Gasteiger partial charge is 0.447 e. The van der Waals surface area contributed by atoms with Gasteiger partial charge in [-0.25, -0.2) is 13.1 Å². The predicted molar refractivity (Wildman–Crippen MR) is 84.0 cm³/mol. The highest BCUT2D eigenvalue weighted by molar-refractivity contribution is 7.89. The lowest BCUT2D eigenvalue weighted by atomic mass is 10.3. The number of thiophene rings is 1. The molecule has 2 heterocycles. The van der Waals surface area contributed by atoms with Crippen molar-refractivity contribution in [2.24, 2.45) is 0 Å². The van der Waals surface area contributed by atoms with Gasteiger partial charge < -0.3 is 9.73 Å². The van der Waals surface area contributed by atoms with Gasteiger partial charge in [0.1, 0.15) is 5.76 Å². The molecule has 5 nitrogen and oxygen atoms in total. The first-order valence-corrected chi connectivity index (χ1v) is 9.10. The van der Waals surface area contributed by atoms with E-state index in [1.54, 1.807) is 18.2 Å². The van der Waals surface area contributed by atoms with Gasteiger partial charge in [-0.2, -0.15) is 0 Å². The Morgan fingerprint density at radius 1 is 1.24 bits per heavy atom. The fourth-order valence-electron chi connectivity index (χ4n) is 1.59. The van der Waals surface area contributed by atoms with Gasteiger partial charge in [0, 0.05) is 17.5 Å². The van der Waals surface area contributed by atoms with Gasteiger partial charge >= 0.3 is 0 Å². The van der Waals surface area contributed by atoms with Crippen LogP contribution in [-0.2, 0) is 23.1 Å². The fourth-order valence-corrected chi connectivity index (χ4v) is 3.66. The zero-order chi connectivity index (χ0) is 15.5. The molecule has 0 unspecified atom stereocenters. The molecule has 0 aliphatic carbocycles. The molecular formula is C13H17ClN2O3S2. The number of hydrogen-bond donors (Lipinski definition) is 2. The maximum absolute atomic E-state index is 12.1. The van der Waals surface area contributed by atoms with Crippen molar-refractivity contribution < 1.29 is 12.8 Å². The summed E-state index contributed by atoms with van der Waals surface area (Å²) in [6, 6.07) is 6.94. The van der Waals surface area contributed by atoms with E-state index in [1.807, 2.05) is 13.8 Å². The molecular weight excluding hydrogens is 332 g/mol. The number of furan rings is 1. The van der Waals surface area contributed by atoms with Gasteiger partial charge in [-0.1, -0.05) is 25.4 Å². The van der Waals surface area contributed by atoms with Crippen LogP contribution in [0.15, 0.2) is 33.8 Å². The summed E-state index contributed by atoms with van der Waals surface area (Å²) in [6.07, 6.45) is 0. The highest BCUT2D eigenvalue weighted by atomic mass is 35.5. The normalized spacial score (nSPS) is 12.2. The van der Waals surface area contributed by atoms with E-state index in [0.29, 0.717) is 22.7 Å². The van der Waals surface area contributed by atoms with Crippen LogP contribution in [0.5, 0.6) is 0 Å². The molecule has 0 aliphatic heterocycles. The van der Waals surface area contributed by atoms with E-state index in [-0.39, 0.29) is 11.6 Å². The predicted octanol–water partition coefficient (Wildman–Crippen LogP) is 2.97. The fraction of sp³-hybridized carbons (Fsp3) is 0.385. The van der Waals surface area contributed by atoms with E-state index >= 15 is 0 Å². The standard InChI is InChI=1S/C13H17ClN2O3S2/c1-9(2)15-7-10-3-6-13(19-10)21(17,18)16-8-11-4-5-12(14)20-11/h3-6,9,15-16H,7-8H2,1-2H3. The van der Waals surface area contributed by atoms with E-state index in [9.17, 15) is 8.42 Å². The van der Waals surface area contributed by atoms with Crippen LogP contribution < -0.4 is 10.0 Å². The monoisotopic (exact) mass is 348 g/mol. The van der Waals surface area contributed by atoms with Crippen molar-refractivity contribution in [1.29, 1.82) is 0 Å². The van der Waals surface area contributed by atoms with Crippen molar-refractivity contribution in [3.63, 3.8) is 0 Å². The highest BCUT2D eigenvalue weighted by Crippen LogP contribution is 2.22. The second-order valence-electron chi connectivity index (χ2n) is 4.79. The molecule has 0 radical (unpaired) electrons. The van der Waals surface area contributed by atoms with Gasteiger partial charge in [0.15, 0.2) is 0 Å². The molecule has 2 rings (SSSR count). The molecule has 8 heteroatoms. The molecule has 0 atom stereocenters. The summed E-state index contributed by atoms with van der Waals surface area (Å²) in [5.74, 6) is 0.586. The Morgan fingerprint density at radius 2 is 2.00 bits per heavy atom. The molecule has 0 saturated heterocycles. The Balaban J connectivity index is 1.99. The van der Waals surface area contributed by atoms with E-state index in [2.05, 4.69) is 10.0 Å². The highest BCUT2D eigenvalue weighted by Gasteiger charge is 2.18. The van der Waals surface area contributed by atoms with Gasteiger partial charge in [0.05, 0.1) is 10.9 Å². The third-order valence-corrected chi connectivity index (χ3v) is 5.16. The molecule has 0 spiro atoms. The Labute approximate surface area is 133 Å². The zero-order valence-corrected chi connectivity index (χ0v) is 14.1. The number of halogens is 1. The topological polar surface area (TPSA) is 71.3 Å². The van der Waals surface area contributed by atoms with Crippen LogP contribution in [0.4, 0.5) is 0 Å². The van der Waals surface area contributed by atoms with Gasteiger partial charge in [-0.3, -0.25) is 0 Å². The minimum atomic E-state index is -3.65. The van der Waals surface area contributed by atoms with Crippen LogP contribution in [0.3, 0.4) is 0 Å².